The molecule has 7 heteroatoms. The van der Waals surface area contributed by atoms with Crippen LogP contribution in [0.3, 0.4) is 0 Å². The van der Waals surface area contributed by atoms with Gasteiger partial charge in [0, 0.05) is 55.9 Å². The quantitative estimate of drug-likeness (QED) is 0.341. The lowest BCUT2D eigenvalue weighted by molar-refractivity contribution is 0.0827. The number of nitrogens with zero attached hydrogens (tertiary/aromatic N) is 5. The highest BCUT2D eigenvalue weighted by Crippen LogP contribution is 2.35. The fourth-order valence-corrected chi connectivity index (χ4v) is 5.86. The number of benzene rings is 2. The number of hydrogen-bond donors (Lipinski definition) is 1. The molecule has 1 saturated heterocycles. The molecule has 0 aliphatic carbocycles. The number of aromatic nitrogens is 4. The lowest BCUT2D eigenvalue weighted by atomic mass is 9.89. The number of piperidine rings is 1. The van der Waals surface area contributed by atoms with Gasteiger partial charge in [-0.2, -0.15) is 5.10 Å². The summed E-state index contributed by atoms with van der Waals surface area (Å²) in [7, 11) is 5.71. The molecule has 5 aromatic rings. The Morgan fingerprint density at radius 3 is 2.55 bits per heavy atom. The van der Waals surface area contributed by atoms with E-state index in [0.717, 1.165) is 54.6 Å². The van der Waals surface area contributed by atoms with Gasteiger partial charge in [0.05, 0.1) is 11.7 Å². The number of pyridine rings is 1. The highest BCUT2D eigenvalue weighted by molar-refractivity contribution is 5.98. The molecule has 1 amide bonds. The lowest BCUT2D eigenvalue weighted by Gasteiger charge is -2.32. The molecule has 1 fully saturated rings. The summed E-state index contributed by atoms with van der Waals surface area (Å²) in [5.74, 6) is 0.590. The second kappa shape index (κ2) is 9.72. The van der Waals surface area contributed by atoms with Gasteiger partial charge < -0.3 is 9.47 Å². The first kappa shape index (κ1) is 24.4. The number of nitrogens with one attached hydrogen (secondary N) is 1. The predicted octanol–water partition coefficient (Wildman–Crippen LogP) is 5.51. The van der Waals surface area contributed by atoms with Crippen LogP contribution >= 0.6 is 0 Å². The van der Waals surface area contributed by atoms with Crippen LogP contribution in [0.15, 0.2) is 60.9 Å². The van der Waals surface area contributed by atoms with Crippen molar-refractivity contribution in [2.75, 3.05) is 27.2 Å². The molecule has 38 heavy (non-hydrogen) atoms. The first-order chi connectivity index (χ1) is 18.4. The van der Waals surface area contributed by atoms with Crippen LogP contribution in [-0.2, 0) is 13.6 Å². The van der Waals surface area contributed by atoms with Gasteiger partial charge >= 0.3 is 0 Å². The first-order valence-electron chi connectivity index (χ1n) is 13.3. The molecule has 2 aromatic carbocycles. The standard InChI is InChI=1S/C31H34N6O/c1-20-17-32-30-27(29(20)24-9-10-28-25(15-24)18-33-34-28)16-26(36(30)4)19-37-13-11-22(12-14-37)21-5-7-23(8-6-21)31(38)35(2)3/h5-10,15-18,22H,11-14,19H2,1-4H3,(H,33,34). The number of carbonyl (C=O) groups excluding carboxylic acids is 1. The number of likely N-dealkylation sites (tertiary alicyclic amines) is 1. The van der Waals surface area contributed by atoms with Crippen LogP contribution in [0.5, 0.6) is 0 Å². The van der Waals surface area contributed by atoms with Crippen molar-refractivity contribution >= 4 is 27.8 Å². The third kappa shape index (κ3) is 4.37. The number of H-pyrrole nitrogens is 1. The van der Waals surface area contributed by atoms with E-state index in [1.807, 2.05) is 24.5 Å². The Morgan fingerprint density at radius 2 is 1.82 bits per heavy atom. The normalized spacial score (nSPS) is 14.9. The van der Waals surface area contributed by atoms with Crippen LogP contribution in [0.2, 0.25) is 0 Å². The second-order valence-electron chi connectivity index (χ2n) is 10.8. The van der Waals surface area contributed by atoms with Gasteiger partial charge in [0.2, 0.25) is 0 Å². The highest BCUT2D eigenvalue weighted by Gasteiger charge is 2.23. The van der Waals surface area contributed by atoms with E-state index >= 15 is 0 Å². The molecule has 0 saturated carbocycles. The minimum absolute atomic E-state index is 0.0520. The summed E-state index contributed by atoms with van der Waals surface area (Å²) in [4.78, 5) is 21.2. The number of fused-ring (bicyclic) bond motifs is 2. The number of carbonyl (C=O) groups is 1. The van der Waals surface area contributed by atoms with Gasteiger partial charge in [-0.25, -0.2) is 4.98 Å². The maximum atomic E-state index is 12.2. The Kier molecular flexibility index (Phi) is 6.24. The molecule has 0 spiro atoms. The molecule has 1 aliphatic rings. The zero-order chi connectivity index (χ0) is 26.4. The molecule has 1 N–H and O–H groups in total. The van der Waals surface area contributed by atoms with Crippen molar-refractivity contribution in [2.24, 2.45) is 7.05 Å². The van der Waals surface area contributed by atoms with Gasteiger partial charge in [-0.1, -0.05) is 18.2 Å². The summed E-state index contributed by atoms with van der Waals surface area (Å²) in [6, 6.07) is 17.0. The van der Waals surface area contributed by atoms with E-state index in [2.05, 4.69) is 70.0 Å². The Balaban J connectivity index is 1.19. The van der Waals surface area contributed by atoms with E-state index in [4.69, 9.17) is 4.98 Å². The maximum absolute atomic E-state index is 12.2. The van der Waals surface area contributed by atoms with Crippen LogP contribution in [-0.4, -0.2) is 62.6 Å². The summed E-state index contributed by atoms with van der Waals surface area (Å²) in [5, 5.41) is 9.55. The highest BCUT2D eigenvalue weighted by atomic mass is 16.2. The molecular formula is C31H34N6O. The van der Waals surface area contributed by atoms with Gasteiger partial charge in [0.1, 0.15) is 5.65 Å². The monoisotopic (exact) mass is 506 g/mol. The van der Waals surface area contributed by atoms with E-state index in [1.54, 1.807) is 19.0 Å². The van der Waals surface area contributed by atoms with E-state index in [9.17, 15) is 4.79 Å². The molecule has 0 bridgehead atoms. The van der Waals surface area contributed by atoms with Crippen LogP contribution in [0, 0.1) is 6.92 Å². The number of aromatic amines is 1. The molecule has 0 atom stereocenters. The summed E-state index contributed by atoms with van der Waals surface area (Å²) in [5.41, 5.74) is 9.06. The molecule has 3 aromatic heterocycles. The molecule has 6 rings (SSSR count). The second-order valence-corrected chi connectivity index (χ2v) is 10.8. The summed E-state index contributed by atoms with van der Waals surface area (Å²) >= 11 is 0. The van der Waals surface area contributed by atoms with Crippen LogP contribution < -0.4 is 0 Å². The van der Waals surface area contributed by atoms with E-state index in [1.165, 1.54) is 33.3 Å². The fourth-order valence-electron chi connectivity index (χ4n) is 5.86. The third-order valence-electron chi connectivity index (χ3n) is 8.08. The van der Waals surface area contributed by atoms with Crippen molar-refractivity contribution < 1.29 is 4.79 Å². The summed E-state index contributed by atoms with van der Waals surface area (Å²) in [6.45, 7) is 5.17. The molecule has 194 valence electrons. The van der Waals surface area contributed by atoms with E-state index < -0.39 is 0 Å². The van der Waals surface area contributed by atoms with Crippen molar-refractivity contribution in [3.05, 3.63) is 83.3 Å². The Morgan fingerprint density at radius 1 is 1.05 bits per heavy atom. The Labute approximate surface area is 223 Å². The smallest absolute Gasteiger partial charge is 0.253 e. The lowest BCUT2D eigenvalue weighted by Crippen LogP contribution is -2.33. The van der Waals surface area contributed by atoms with E-state index in [0.29, 0.717) is 5.92 Å². The van der Waals surface area contributed by atoms with Gasteiger partial charge in [0.25, 0.3) is 5.91 Å². The predicted molar refractivity (Wildman–Crippen MR) is 152 cm³/mol. The fraction of sp³-hybridized carbons (Fsp3) is 0.323. The zero-order valence-electron chi connectivity index (χ0n) is 22.5. The molecule has 0 unspecified atom stereocenters. The molecule has 4 heterocycles. The minimum Gasteiger partial charge on any atom is -0.345 e. The number of rotatable bonds is 5. The van der Waals surface area contributed by atoms with Gasteiger partial charge in [-0.05, 0) is 91.4 Å². The van der Waals surface area contributed by atoms with E-state index in [-0.39, 0.29) is 5.91 Å². The Hall–Kier alpha value is -3.97. The minimum atomic E-state index is 0.0520. The zero-order valence-corrected chi connectivity index (χ0v) is 22.5. The van der Waals surface area contributed by atoms with Crippen molar-refractivity contribution in [3.63, 3.8) is 0 Å². The maximum Gasteiger partial charge on any atom is 0.253 e. The van der Waals surface area contributed by atoms with Crippen molar-refractivity contribution in [3.8, 4) is 11.1 Å². The average Bonchev–Trinajstić information content (AvgIpc) is 3.52. The van der Waals surface area contributed by atoms with Crippen molar-refractivity contribution in [2.45, 2.75) is 32.2 Å². The Bertz CT molecular complexity index is 1620. The third-order valence-corrected chi connectivity index (χ3v) is 8.08. The first-order valence-corrected chi connectivity index (χ1v) is 13.3. The molecule has 0 radical (unpaired) electrons. The van der Waals surface area contributed by atoms with Crippen LogP contribution in [0.25, 0.3) is 33.1 Å². The molecular weight excluding hydrogens is 472 g/mol. The molecule has 1 aliphatic heterocycles. The van der Waals surface area contributed by atoms with Crippen LogP contribution in [0.4, 0.5) is 0 Å². The van der Waals surface area contributed by atoms with Crippen LogP contribution in [0.1, 0.15) is 45.9 Å². The largest absolute Gasteiger partial charge is 0.345 e. The van der Waals surface area contributed by atoms with Crippen molar-refractivity contribution in [1.29, 1.82) is 0 Å². The SMILES string of the molecule is Cc1cnc2c(cc(CN3CCC(c4ccc(C(=O)N(C)C)cc4)CC3)n2C)c1-c1ccc2[nH]ncc2c1. The van der Waals surface area contributed by atoms with Crippen molar-refractivity contribution in [1.82, 2.24) is 29.5 Å². The number of aryl methyl sites for hydroxylation is 2. The van der Waals surface area contributed by atoms with Gasteiger partial charge in [-0.15, -0.1) is 0 Å². The number of hydrogen-bond acceptors (Lipinski definition) is 4. The summed E-state index contributed by atoms with van der Waals surface area (Å²) in [6.07, 6.45) is 6.12. The van der Waals surface area contributed by atoms with Gasteiger partial charge in [0.15, 0.2) is 0 Å². The van der Waals surface area contributed by atoms with Gasteiger partial charge in [-0.3, -0.25) is 14.8 Å². The average molecular weight is 507 g/mol. The number of amides is 1. The topological polar surface area (TPSA) is 70.1 Å². The molecule has 7 nitrogen and oxygen atoms in total. The summed E-state index contributed by atoms with van der Waals surface area (Å²) < 4.78 is 2.25.